The van der Waals surface area contributed by atoms with Gasteiger partial charge in [-0.1, -0.05) is 78.9 Å². The zero-order chi connectivity index (χ0) is 21.4. The second-order valence-electron chi connectivity index (χ2n) is 7.54. The summed E-state index contributed by atoms with van der Waals surface area (Å²) in [6, 6.07) is 28.3. The molecule has 5 heteroatoms. The van der Waals surface area contributed by atoms with Gasteiger partial charge in [-0.25, -0.2) is 0 Å². The molecule has 1 aromatic heterocycles. The molecule has 1 aliphatic rings. The minimum Gasteiger partial charge on any atom is -0.436 e. The monoisotopic (exact) mass is 407 g/mol. The molecule has 2 heterocycles. The van der Waals surface area contributed by atoms with Crippen LogP contribution in [0.5, 0.6) is 0 Å². The molecular weight excluding hydrogens is 386 g/mol. The largest absolute Gasteiger partial charge is 0.436 e. The zero-order valence-corrected chi connectivity index (χ0v) is 17.3. The van der Waals surface area contributed by atoms with Gasteiger partial charge in [0, 0.05) is 22.3 Å². The third kappa shape index (κ3) is 2.97. The van der Waals surface area contributed by atoms with Gasteiger partial charge < -0.3 is 4.74 Å². The number of benzene rings is 3. The van der Waals surface area contributed by atoms with Crippen molar-refractivity contribution in [1.29, 1.82) is 0 Å². The molecule has 0 bridgehead atoms. The Balaban J connectivity index is 1.83. The molecule has 4 aromatic rings. The van der Waals surface area contributed by atoms with E-state index in [4.69, 9.17) is 14.8 Å². The van der Waals surface area contributed by atoms with Gasteiger partial charge in [0.15, 0.2) is 5.82 Å². The lowest BCUT2D eigenvalue weighted by Gasteiger charge is -2.37. The van der Waals surface area contributed by atoms with Crippen molar-refractivity contribution in [3.8, 4) is 0 Å². The van der Waals surface area contributed by atoms with Crippen LogP contribution in [0.25, 0.3) is 0 Å². The summed E-state index contributed by atoms with van der Waals surface area (Å²) in [6.45, 7) is 3.88. The fourth-order valence-electron chi connectivity index (χ4n) is 3.85. The van der Waals surface area contributed by atoms with Crippen molar-refractivity contribution in [2.45, 2.75) is 19.6 Å². The molecule has 152 valence electrons. The molecular formula is C26H21N3O2. The summed E-state index contributed by atoms with van der Waals surface area (Å²) in [4.78, 5) is 18.9. The van der Waals surface area contributed by atoms with Crippen LogP contribution >= 0.6 is 0 Å². The standard InChI is InChI=1S/C26H21N3O2/c1-18-19(2)28-29-24(18)27-25(21-14-8-4-9-15-21)31-26(29,22-16-10-5-11-17-22)23(30)20-12-6-3-7-13-20/h3-17H,1-2H3. The predicted octanol–water partition coefficient (Wildman–Crippen LogP) is 5.19. The maximum atomic E-state index is 14.1. The average Bonchev–Trinajstić information content (AvgIpc) is 3.13. The van der Waals surface area contributed by atoms with Crippen molar-refractivity contribution in [2.75, 3.05) is 0 Å². The molecule has 0 fully saturated rings. The fourth-order valence-corrected chi connectivity index (χ4v) is 3.85. The highest BCUT2D eigenvalue weighted by Gasteiger charge is 2.51. The summed E-state index contributed by atoms with van der Waals surface area (Å²) in [5.41, 5.74) is 2.24. The molecule has 1 aliphatic heterocycles. The number of hydrogen-bond acceptors (Lipinski definition) is 4. The Labute approximate surface area is 180 Å². The minimum absolute atomic E-state index is 0.202. The Morgan fingerprint density at radius 1 is 0.839 bits per heavy atom. The van der Waals surface area contributed by atoms with Gasteiger partial charge in [0.25, 0.3) is 5.72 Å². The van der Waals surface area contributed by atoms with Crippen LogP contribution in [0.3, 0.4) is 0 Å². The van der Waals surface area contributed by atoms with Crippen LogP contribution in [0, 0.1) is 13.8 Å². The number of aryl methyl sites for hydroxylation is 1. The first-order valence-corrected chi connectivity index (χ1v) is 10.2. The molecule has 0 radical (unpaired) electrons. The first-order valence-electron chi connectivity index (χ1n) is 10.2. The summed E-state index contributed by atoms with van der Waals surface area (Å²) in [6.07, 6.45) is 0. The molecule has 1 unspecified atom stereocenters. The maximum Gasteiger partial charge on any atom is 0.295 e. The van der Waals surface area contributed by atoms with E-state index in [1.165, 1.54) is 0 Å². The predicted molar refractivity (Wildman–Crippen MR) is 120 cm³/mol. The second kappa shape index (κ2) is 7.36. The van der Waals surface area contributed by atoms with E-state index in [-0.39, 0.29) is 5.78 Å². The average molecular weight is 407 g/mol. The lowest BCUT2D eigenvalue weighted by atomic mass is 9.92. The first-order chi connectivity index (χ1) is 15.1. The van der Waals surface area contributed by atoms with Crippen molar-refractivity contribution < 1.29 is 9.53 Å². The third-order valence-corrected chi connectivity index (χ3v) is 5.61. The lowest BCUT2D eigenvalue weighted by molar-refractivity contribution is 0.0121. The molecule has 0 amide bonds. The normalized spacial score (nSPS) is 17.4. The van der Waals surface area contributed by atoms with Crippen LogP contribution in [0.15, 0.2) is 96.0 Å². The maximum absolute atomic E-state index is 14.1. The second-order valence-corrected chi connectivity index (χ2v) is 7.54. The van der Waals surface area contributed by atoms with Crippen LogP contribution < -0.4 is 0 Å². The highest BCUT2D eigenvalue weighted by Crippen LogP contribution is 2.41. The number of ketones is 1. The van der Waals surface area contributed by atoms with E-state index in [0.29, 0.717) is 22.8 Å². The first kappa shape index (κ1) is 19.0. The molecule has 5 nitrogen and oxygen atoms in total. The van der Waals surface area contributed by atoms with Gasteiger partial charge in [-0.05, 0) is 26.0 Å². The Hall–Kier alpha value is -3.99. The minimum atomic E-state index is -1.51. The number of aromatic nitrogens is 2. The van der Waals surface area contributed by atoms with Gasteiger partial charge in [0.05, 0.1) is 5.69 Å². The lowest BCUT2D eigenvalue weighted by Crippen LogP contribution is -2.49. The Morgan fingerprint density at radius 2 is 1.42 bits per heavy atom. The highest BCUT2D eigenvalue weighted by atomic mass is 16.5. The molecule has 0 spiro atoms. The summed E-state index contributed by atoms with van der Waals surface area (Å²) < 4.78 is 8.19. The van der Waals surface area contributed by atoms with E-state index in [9.17, 15) is 4.79 Å². The van der Waals surface area contributed by atoms with E-state index in [0.717, 1.165) is 16.8 Å². The fraction of sp³-hybridized carbons (Fsp3) is 0.115. The molecule has 0 saturated carbocycles. The summed E-state index contributed by atoms with van der Waals surface area (Å²) >= 11 is 0. The Kier molecular flexibility index (Phi) is 4.51. The number of nitrogens with zero attached hydrogens (tertiary/aromatic N) is 3. The molecule has 3 aromatic carbocycles. The van der Waals surface area contributed by atoms with Gasteiger partial charge in [0.1, 0.15) is 0 Å². The topological polar surface area (TPSA) is 56.5 Å². The number of hydrogen-bond donors (Lipinski definition) is 0. The van der Waals surface area contributed by atoms with Gasteiger partial charge >= 0.3 is 0 Å². The number of aliphatic imine (C=N–C) groups is 1. The molecule has 5 rings (SSSR count). The summed E-state index contributed by atoms with van der Waals surface area (Å²) in [5, 5.41) is 4.72. The van der Waals surface area contributed by atoms with Crippen molar-refractivity contribution >= 4 is 17.5 Å². The van der Waals surface area contributed by atoms with Crippen LogP contribution in [-0.4, -0.2) is 21.5 Å². The number of carbonyl (C=O) groups excluding carboxylic acids is 1. The summed E-state index contributed by atoms with van der Waals surface area (Å²) in [7, 11) is 0. The van der Waals surface area contributed by atoms with E-state index in [1.54, 1.807) is 16.8 Å². The number of fused-ring (bicyclic) bond motifs is 1. The van der Waals surface area contributed by atoms with E-state index in [2.05, 4.69) is 0 Å². The zero-order valence-electron chi connectivity index (χ0n) is 17.3. The van der Waals surface area contributed by atoms with Gasteiger partial charge in [0.2, 0.25) is 11.7 Å². The molecule has 0 N–H and O–H groups in total. The van der Waals surface area contributed by atoms with Crippen molar-refractivity contribution in [2.24, 2.45) is 4.99 Å². The number of rotatable bonds is 4. The van der Waals surface area contributed by atoms with Gasteiger partial charge in [-0.15, -0.1) is 0 Å². The number of carbonyl (C=O) groups is 1. The third-order valence-electron chi connectivity index (χ3n) is 5.61. The number of Topliss-reactive ketones (excluding diaryl/α,β-unsaturated/α-hetero) is 1. The van der Waals surface area contributed by atoms with Gasteiger partial charge in [-0.3, -0.25) is 4.79 Å². The van der Waals surface area contributed by atoms with Gasteiger partial charge in [-0.2, -0.15) is 14.8 Å². The number of ether oxygens (including phenoxy) is 1. The van der Waals surface area contributed by atoms with Crippen LogP contribution in [-0.2, 0) is 10.5 Å². The van der Waals surface area contributed by atoms with Crippen LogP contribution in [0.2, 0.25) is 0 Å². The van der Waals surface area contributed by atoms with Crippen molar-refractivity contribution in [3.05, 3.63) is 119 Å². The van der Waals surface area contributed by atoms with E-state index < -0.39 is 5.72 Å². The Morgan fingerprint density at radius 3 is 2.06 bits per heavy atom. The molecule has 31 heavy (non-hydrogen) atoms. The highest BCUT2D eigenvalue weighted by molar-refractivity contribution is 6.07. The summed E-state index contributed by atoms with van der Waals surface area (Å²) in [5.74, 6) is 0.811. The van der Waals surface area contributed by atoms with E-state index in [1.807, 2.05) is 92.7 Å². The van der Waals surface area contributed by atoms with Crippen LogP contribution in [0.4, 0.5) is 5.82 Å². The molecule has 0 saturated heterocycles. The van der Waals surface area contributed by atoms with Crippen LogP contribution in [0.1, 0.15) is 32.7 Å². The quantitative estimate of drug-likeness (QED) is 0.437. The SMILES string of the molecule is Cc1nn2c(c1C)N=C(c1ccccc1)OC2(C(=O)c1ccccc1)c1ccccc1. The smallest absolute Gasteiger partial charge is 0.295 e. The molecule has 0 aliphatic carbocycles. The van der Waals surface area contributed by atoms with Crippen molar-refractivity contribution in [1.82, 2.24) is 9.78 Å². The molecule has 1 atom stereocenters. The van der Waals surface area contributed by atoms with E-state index >= 15 is 0 Å². The Bertz CT molecular complexity index is 1280. The van der Waals surface area contributed by atoms with Crippen molar-refractivity contribution in [3.63, 3.8) is 0 Å².